The highest BCUT2D eigenvalue weighted by molar-refractivity contribution is 5.97. The van der Waals surface area contributed by atoms with Gasteiger partial charge in [-0.15, -0.1) is 0 Å². The normalized spacial score (nSPS) is 11.2. The van der Waals surface area contributed by atoms with Crippen molar-refractivity contribution in [2.45, 2.75) is 20.3 Å². The van der Waals surface area contributed by atoms with Crippen LogP contribution < -0.4 is 5.73 Å². The largest absolute Gasteiger partial charge is 0.466 e. The third kappa shape index (κ3) is 3.72. The number of hydrogen-bond acceptors (Lipinski definition) is 4. The minimum atomic E-state index is -0.825. The number of ether oxygens (including phenoxy) is 1. The van der Waals surface area contributed by atoms with E-state index in [-0.39, 0.29) is 18.6 Å². The minimum Gasteiger partial charge on any atom is -0.466 e. The number of nitrogens with two attached hydrogens (primary N) is 1. The molecular weight excluding hydrogens is 184 g/mol. The van der Waals surface area contributed by atoms with Crippen molar-refractivity contribution in [3.63, 3.8) is 0 Å². The number of carbonyl (C=O) groups excluding carboxylic acids is 2. The van der Waals surface area contributed by atoms with Crippen LogP contribution in [0.5, 0.6) is 0 Å². The molecule has 0 atom stereocenters. The van der Waals surface area contributed by atoms with Crippen LogP contribution in [-0.2, 0) is 14.3 Å². The number of amides is 1. The SMILES string of the molecule is CCOC(=O)C/C(C)=C(\C#N)C(N)=O. The van der Waals surface area contributed by atoms with Crippen LogP contribution in [0.2, 0.25) is 0 Å². The molecule has 0 spiro atoms. The first-order valence-electron chi connectivity index (χ1n) is 4.08. The number of primary amides is 1. The summed E-state index contributed by atoms with van der Waals surface area (Å²) in [5.74, 6) is -1.30. The van der Waals surface area contributed by atoms with Gasteiger partial charge < -0.3 is 10.5 Å². The molecule has 0 fully saturated rings. The molecule has 0 heterocycles. The van der Waals surface area contributed by atoms with E-state index in [2.05, 4.69) is 4.74 Å². The zero-order valence-electron chi connectivity index (χ0n) is 8.16. The summed E-state index contributed by atoms with van der Waals surface area (Å²) in [6, 6.07) is 1.65. The van der Waals surface area contributed by atoms with Crippen LogP contribution in [-0.4, -0.2) is 18.5 Å². The number of nitrogens with zero attached hydrogens (tertiary/aromatic N) is 1. The quantitative estimate of drug-likeness (QED) is 0.396. The summed E-state index contributed by atoms with van der Waals surface area (Å²) in [6.07, 6.45) is -0.0837. The van der Waals surface area contributed by atoms with E-state index in [1.807, 2.05) is 0 Å². The Morgan fingerprint density at radius 3 is 2.43 bits per heavy atom. The van der Waals surface area contributed by atoms with Crippen LogP contribution in [0.3, 0.4) is 0 Å². The molecule has 0 aromatic rings. The van der Waals surface area contributed by atoms with Crippen molar-refractivity contribution in [3.05, 3.63) is 11.1 Å². The lowest BCUT2D eigenvalue weighted by atomic mass is 10.1. The first-order chi connectivity index (χ1) is 6.52. The summed E-state index contributed by atoms with van der Waals surface area (Å²) in [4.78, 5) is 21.7. The molecule has 14 heavy (non-hydrogen) atoms. The van der Waals surface area contributed by atoms with Gasteiger partial charge in [0.2, 0.25) is 0 Å². The maximum Gasteiger partial charge on any atom is 0.309 e. The summed E-state index contributed by atoms with van der Waals surface area (Å²) in [5, 5.41) is 8.55. The second-order valence-electron chi connectivity index (χ2n) is 2.61. The number of rotatable bonds is 4. The molecule has 0 aliphatic carbocycles. The molecule has 0 unspecified atom stereocenters. The fourth-order valence-corrected chi connectivity index (χ4v) is 0.878. The molecule has 5 nitrogen and oxygen atoms in total. The molecule has 0 aliphatic rings. The smallest absolute Gasteiger partial charge is 0.309 e. The third-order valence-corrected chi connectivity index (χ3v) is 1.50. The Hall–Kier alpha value is -1.83. The van der Waals surface area contributed by atoms with Crippen LogP contribution in [0.4, 0.5) is 0 Å². The van der Waals surface area contributed by atoms with Crippen LogP contribution in [0.15, 0.2) is 11.1 Å². The fourth-order valence-electron chi connectivity index (χ4n) is 0.878. The molecular formula is C9H12N2O3. The van der Waals surface area contributed by atoms with Gasteiger partial charge in [-0.3, -0.25) is 9.59 Å². The van der Waals surface area contributed by atoms with E-state index in [0.29, 0.717) is 5.57 Å². The van der Waals surface area contributed by atoms with Crippen molar-refractivity contribution < 1.29 is 14.3 Å². The molecule has 76 valence electrons. The summed E-state index contributed by atoms with van der Waals surface area (Å²) >= 11 is 0. The van der Waals surface area contributed by atoms with Gasteiger partial charge in [0.25, 0.3) is 5.91 Å². The van der Waals surface area contributed by atoms with Crippen molar-refractivity contribution >= 4 is 11.9 Å². The average Bonchev–Trinajstić information content (AvgIpc) is 2.04. The van der Waals surface area contributed by atoms with E-state index in [0.717, 1.165) is 0 Å². The maximum atomic E-state index is 11.0. The van der Waals surface area contributed by atoms with E-state index < -0.39 is 11.9 Å². The van der Waals surface area contributed by atoms with E-state index in [4.69, 9.17) is 11.0 Å². The summed E-state index contributed by atoms with van der Waals surface area (Å²) < 4.78 is 4.65. The Kier molecular flexibility index (Phi) is 5.00. The van der Waals surface area contributed by atoms with Gasteiger partial charge in [-0.1, -0.05) is 0 Å². The summed E-state index contributed by atoms with van der Waals surface area (Å²) in [5.41, 5.74) is 5.08. The topological polar surface area (TPSA) is 93.2 Å². The molecule has 1 amide bonds. The second-order valence-corrected chi connectivity index (χ2v) is 2.61. The van der Waals surface area contributed by atoms with Crippen molar-refractivity contribution in [2.24, 2.45) is 5.73 Å². The van der Waals surface area contributed by atoms with E-state index in [9.17, 15) is 9.59 Å². The number of esters is 1. The Labute approximate surface area is 82.1 Å². The van der Waals surface area contributed by atoms with Gasteiger partial charge in [0.05, 0.1) is 13.0 Å². The van der Waals surface area contributed by atoms with Gasteiger partial charge in [-0.05, 0) is 19.4 Å². The number of hydrogen-bond donors (Lipinski definition) is 1. The van der Waals surface area contributed by atoms with Gasteiger partial charge in [0.1, 0.15) is 11.6 Å². The minimum absolute atomic E-state index is 0.0837. The average molecular weight is 196 g/mol. The maximum absolute atomic E-state index is 11.0. The van der Waals surface area contributed by atoms with E-state index in [1.165, 1.54) is 6.92 Å². The van der Waals surface area contributed by atoms with Gasteiger partial charge in [-0.25, -0.2) is 0 Å². The lowest BCUT2D eigenvalue weighted by molar-refractivity contribution is -0.142. The monoisotopic (exact) mass is 196 g/mol. The van der Waals surface area contributed by atoms with Gasteiger partial charge >= 0.3 is 5.97 Å². The van der Waals surface area contributed by atoms with Gasteiger partial charge in [-0.2, -0.15) is 5.26 Å². The van der Waals surface area contributed by atoms with Crippen molar-refractivity contribution in [3.8, 4) is 6.07 Å². The lowest BCUT2D eigenvalue weighted by Crippen LogP contribution is -2.15. The molecule has 0 aromatic heterocycles. The molecule has 0 bridgehead atoms. The highest BCUT2D eigenvalue weighted by Gasteiger charge is 2.12. The highest BCUT2D eigenvalue weighted by Crippen LogP contribution is 2.08. The van der Waals surface area contributed by atoms with E-state index >= 15 is 0 Å². The molecule has 0 rings (SSSR count). The molecule has 0 aliphatic heterocycles. The predicted molar refractivity (Wildman–Crippen MR) is 48.8 cm³/mol. The molecule has 0 saturated heterocycles. The zero-order chi connectivity index (χ0) is 11.1. The number of nitriles is 1. The predicted octanol–water partition coefficient (Wildman–Crippen LogP) is 0.265. The number of carbonyl (C=O) groups is 2. The third-order valence-electron chi connectivity index (χ3n) is 1.50. The molecule has 5 heteroatoms. The van der Waals surface area contributed by atoms with Gasteiger partial charge in [0.15, 0.2) is 0 Å². The zero-order valence-corrected chi connectivity index (χ0v) is 8.16. The summed E-state index contributed by atoms with van der Waals surface area (Å²) in [7, 11) is 0. The fraction of sp³-hybridized carbons (Fsp3) is 0.444. The Morgan fingerprint density at radius 2 is 2.07 bits per heavy atom. The first kappa shape index (κ1) is 12.2. The summed E-state index contributed by atoms with van der Waals surface area (Å²) in [6.45, 7) is 3.45. The van der Waals surface area contributed by atoms with Crippen molar-refractivity contribution in [2.75, 3.05) is 6.61 Å². The Morgan fingerprint density at radius 1 is 1.50 bits per heavy atom. The molecule has 2 N–H and O–H groups in total. The van der Waals surface area contributed by atoms with E-state index in [1.54, 1.807) is 13.0 Å². The Bertz CT molecular complexity index is 313. The first-order valence-corrected chi connectivity index (χ1v) is 4.08. The Balaban J connectivity index is 4.59. The van der Waals surface area contributed by atoms with Crippen LogP contribution >= 0.6 is 0 Å². The van der Waals surface area contributed by atoms with Crippen LogP contribution in [0.25, 0.3) is 0 Å². The lowest BCUT2D eigenvalue weighted by Gasteiger charge is -2.02. The molecule has 0 aromatic carbocycles. The molecule has 0 radical (unpaired) electrons. The van der Waals surface area contributed by atoms with Gasteiger partial charge in [0, 0.05) is 0 Å². The standard InChI is InChI=1S/C9H12N2O3/c1-3-14-8(12)4-6(2)7(5-10)9(11)13/h3-4H2,1-2H3,(H2,11,13)/b7-6+. The molecule has 0 saturated carbocycles. The second kappa shape index (κ2) is 5.75. The van der Waals surface area contributed by atoms with Crippen molar-refractivity contribution in [1.29, 1.82) is 5.26 Å². The van der Waals surface area contributed by atoms with Crippen molar-refractivity contribution in [1.82, 2.24) is 0 Å². The van der Waals surface area contributed by atoms with Crippen LogP contribution in [0.1, 0.15) is 20.3 Å². The highest BCUT2D eigenvalue weighted by atomic mass is 16.5. The van der Waals surface area contributed by atoms with Crippen LogP contribution in [0, 0.1) is 11.3 Å².